The third kappa shape index (κ3) is 2.50. The number of aryl methyl sites for hydroxylation is 1. The predicted molar refractivity (Wildman–Crippen MR) is 121 cm³/mol. The molecule has 0 fully saturated rings. The summed E-state index contributed by atoms with van der Waals surface area (Å²) in [7, 11) is 0. The summed E-state index contributed by atoms with van der Waals surface area (Å²) in [4.78, 5) is 14.1. The minimum Gasteiger partial charge on any atom is -0.295 e. The molecule has 0 spiro atoms. The van der Waals surface area contributed by atoms with E-state index in [1.165, 1.54) is 16.8 Å². The van der Waals surface area contributed by atoms with E-state index in [2.05, 4.69) is 76.1 Å². The molecule has 1 aliphatic carbocycles. The zero-order chi connectivity index (χ0) is 20.1. The van der Waals surface area contributed by atoms with Gasteiger partial charge in [0.15, 0.2) is 0 Å². The Bertz CT molecular complexity index is 1310. The van der Waals surface area contributed by atoms with Gasteiger partial charge >= 0.3 is 0 Å². The standard InChI is InChI=1S/C26H20N4/c1-17-7-9-19(10-8-17)30-25-21-12-14-28-16-23(21)22-15-27-13-11-20(22)24(25)29-26(30)18-5-3-2-4-6-18/h2-11,13-16,21H,12H2,1H3. The van der Waals surface area contributed by atoms with Gasteiger partial charge in [-0.3, -0.25) is 14.5 Å². The van der Waals surface area contributed by atoms with Gasteiger partial charge in [-0.25, -0.2) is 4.98 Å². The number of rotatable bonds is 2. The van der Waals surface area contributed by atoms with Gasteiger partial charge in [0.2, 0.25) is 0 Å². The van der Waals surface area contributed by atoms with Crippen LogP contribution in [-0.2, 0) is 0 Å². The normalized spacial score (nSPS) is 16.4. The van der Waals surface area contributed by atoms with Crippen molar-refractivity contribution < 1.29 is 0 Å². The Hall–Kier alpha value is -3.79. The Morgan fingerprint density at radius 3 is 2.60 bits per heavy atom. The molecule has 2 aliphatic rings. The zero-order valence-electron chi connectivity index (χ0n) is 16.7. The number of imidazole rings is 1. The van der Waals surface area contributed by atoms with E-state index in [0.717, 1.165) is 40.3 Å². The van der Waals surface area contributed by atoms with Crippen LogP contribution in [0.3, 0.4) is 0 Å². The molecule has 4 nitrogen and oxygen atoms in total. The highest BCUT2D eigenvalue weighted by molar-refractivity contribution is 5.92. The summed E-state index contributed by atoms with van der Waals surface area (Å²) in [6.45, 7) is 2.12. The third-order valence-corrected chi connectivity index (χ3v) is 5.99. The number of hydrogen-bond acceptors (Lipinski definition) is 3. The summed E-state index contributed by atoms with van der Waals surface area (Å²) >= 11 is 0. The minimum absolute atomic E-state index is 0.209. The first-order chi connectivity index (χ1) is 14.8. The topological polar surface area (TPSA) is 43.1 Å². The van der Waals surface area contributed by atoms with Crippen LogP contribution in [0.2, 0.25) is 0 Å². The molecule has 4 heteroatoms. The second-order valence-electron chi connectivity index (χ2n) is 7.83. The molecule has 2 aromatic carbocycles. The summed E-state index contributed by atoms with van der Waals surface area (Å²) in [5, 5.41) is 0. The molecule has 1 unspecified atom stereocenters. The fourth-order valence-corrected chi connectivity index (χ4v) is 4.55. The summed E-state index contributed by atoms with van der Waals surface area (Å²) < 4.78 is 2.34. The quantitative estimate of drug-likeness (QED) is 0.434. The van der Waals surface area contributed by atoms with Crippen molar-refractivity contribution in [2.75, 3.05) is 0 Å². The van der Waals surface area contributed by atoms with Crippen LogP contribution in [0, 0.1) is 6.92 Å². The van der Waals surface area contributed by atoms with E-state index in [1.54, 1.807) is 0 Å². The first-order valence-corrected chi connectivity index (χ1v) is 10.2. The number of aromatic nitrogens is 3. The Morgan fingerprint density at radius 1 is 0.933 bits per heavy atom. The van der Waals surface area contributed by atoms with Crippen molar-refractivity contribution in [3.63, 3.8) is 0 Å². The lowest BCUT2D eigenvalue weighted by Crippen LogP contribution is -2.16. The lowest BCUT2D eigenvalue weighted by atomic mass is 9.79. The van der Waals surface area contributed by atoms with Crippen molar-refractivity contribution in [3.05, 3.63) is 96.1 Å². The van der Waals surface area contributed by atoms with Crippen molar-refractivity contribution in [2.45, 2.75) is 19.3 Å². The van der Waals surface area contributed by atoms with Gasteiger partial charge in [0, 0.05) is 53.1 Å². The highest BCUT2D eigenvalue weighted by Gasteiger charge is 2.36. The summed E-state index contributed by atoms with van der Waals surface area (Å²) in [5.41, 5.74) is 9.25. The summed E-state index contributed by atoms with van der Waals surface area (Å²) in [6, 6.07) is 21.2. The molecule has 0 amide bonds. The molecule has 1 atom stereocenters. The number of nitrogens with zero attached hydrogens (tertiary/aromatic N) is 4. The largest absolute Gasteiger partial charge is 0.295 e. The summed E-state index contributed by atoms with van der Waals surface area (Å²) in [6.07, 6.45) is 8.66. The predicted octanol–water partition coefficient (Wildman–Crippen LogP) is 5.82. The van der Waals surface area contributed by atoms with Crippen LogP contribution in [0.5, 0.6) is 0 Å². The number of aliphatic imine (C=N–C) groups is 1. The minimum atomic E-state index is 0.209. The second-order valence-corrected chi connectivity index (χ2v) is 7.83. The van der Waals surface area contributed by atoms with Crippen molar-refractivity contribution in [2.24, 2.45) is 4.99 Å². The van der Waals surface area contributed by atoms with E-state index in [9.17, 15) is 0 Å². The van der Waals surface area contributed by atoms with Crippen LogP contribution in [0.15, 0.2) is 84.2 Å². The van der Waals surface area contributed by atoms with Crippen LogP contribution in [-0.4, -0.2) is 20.7 Å². The summed E-state index contributed by atoms with van der Waals surface area (Å²) in [5.74, 6) is 1.18. The average Bonchev–Trinajstić information content (AvgIpc) is 3.21. The number of allylic oxidation sites excluding steroid dienone is 1. The molecule has 30 heavy (non-hydrogen) atoms. The lowest BCUT2D eigenvalue weighted by molar-refractivity contribution is 0.819. The number of fused-ring (bicyclic) bond motifs is 6. The fourth-order valence-electron chi connectivity index (χ4n) is 4.55. The highest BCUT2D eigenvalue weighted by atomic mass is 15.1. The van der Waals surface area contributed by atoms with Crippen molar-refractivity contribution in [1.82, 2.24) is 14.5 Å². The van der Waals surface area contributed by atoms with Gasteiger partial charge in [-0.2, -0.15) is 0 Å². The maximum Gasteiger partial charge on any atom is 0.145 e. The molecule has 1 aliphatic heterocycles. The van der Waals surface area contributed by atoms with E-state index in [-0.39, 0.29) is 5.92 Å². The van der Waals surface area contributed by atoms with Gasteiger partial charge < -0.3 is 0 Å². The van der Waals surface area contributed by atoms with Gasteiger partial charge in [0.05, 0.1) is 11.4 Å². The Labute approximate surface area is 175 Å². The molecule has 144 valence electrons. The van der Waals surface area contributed by atoms with Crippen LogP contribution >= 0.6 is 0 Å². The van der Waals surface area contributed by atoms with Gasteiger partial charge in [-0.05, 0) is 37.1 Å². The van der Waals surface area contributed by atoms with Crippen molar-refractivity contribution in [3.8, 4) is 28.3 Å². The molecule has 0 radical (unpaired) electrons. The van der Waals surface area contributed by atoms with E-state index < -0.39 is 0 Å². The number of hydrogen-bond donors (Lipinski definition) is 0. The Morgan fingerprint density at radius 2 is 1.77 bits per heavy atom. The first-order valence-electron chi connectivity index (χ1n) is 10.2. The number of pyridine rings is 1. The molecule has 0 saturated heterocycles. The highest BCUT2D eigenvalue weighted by Crippen LogP contribution is 2.50. The van der Waals surface area contributed by atoms with Crippen LogP contribution < -0.4 is 0 Å². The Balaban J connectivity index is 1.71. The smallest absolute Gasteiger partial charge is 0.145 e. The maximum atomic E-state index is 5.22. The van der Waals surface area contributed by atoms with Crippen LogP contribution in [0.25, 0.3) is 33.9 Å². The van der Waals surface area contributed by atoms with Gasteiger partial charge in [-0.15, -0.1) is 0 Å². The van der Waals surface area contributed by atoms with Gasteiger partial charge in [0.25, 0.3) is 0 Å². The van der Waals surface area contributed by atoms with Crippen molar-refractivity contribution in [1.29, 1.82) is 0 Å². The average molecular weight is 388 g/mol. The molecule has 0 N–H and O–H groups in total. The Kier molecular flexibility index (Phi) is 3.78. The molecule has 0 bridgehead atoms. The van der Waals surface area contributed by atoms with Gasteiger partial charge in [-0.1, -0.05) is 48.0 Å². The van der Waals surface area contributed by atoms with E-state index >= 15 is 0 Å². The molecule has 0 saturated carbocycles. The lowest BCUT2D eigenvalue weighted by Gasteiger charge is -2.29. The zero-order valence-corrected chi connectivity index (χ0v) is 16.7. The van der Waals surface area contributed by atoms with E-state index in [4.69, 9.17) is 4.98 Å². The van der Waals surface area contributed by atoms with Gasteiger partial charge in [0.1, 0.15) is 5.82 Å². The molecule has 2 aromatic heterocycles. The van der Waals surface area contributed by atoms with Crippen LogP contribution in [0.4, 0.5) is 0 Å². The van der Waals surface area contributed by atoms with E-state index in [1.807, 2.05) is 30.9 Å². The number of benzene rings is 2. The molecular formula is C26H20N4. The van der Waals surface area contributed by atoms with Crippen LogP contribution in [0.1, 0.15) is 29.2 Å². The monoisotopic (exact) mass is 388 g/mol. The molecule has 6 rings (SSSR count). The first kappa shape index (κ1) is 17.1. The SMILES string of the molecule is Cc1ccc(-n2c(-c3ccccc3)nc3c2C2CC=NC=C2c2cnccc2-3)cc1. The second kappa shape index (κ2) is 6.63. The molecular weight excluding hydrogens is 368 g/mol. The molecule has 4 aromatic rings. The third-order valence-electron chi connectivity index (χ3n) is 5.99. The maximum absolute atomic E-state index is 5.22. The van der Waals surface area contributed by atoms with E-state index in [0.29, 0.717) is 0 Å². The molecule has 3 heterocycles. The van der Waals surface area contributed by atoms with Crippen molar-refractivity contribution >= 4 is 11.8 Å². The fraction of sp³-hybridized carbons (Fsp3) is 0.115.